The van der Waals surface area contributed by atoms with Gasteiger partial charge in [-0.3, -0.25) is 34.2 Å². The van der Waals surface area contributed by atoms with E-state index >= 15 is 0 Å². The number of carboxylic acid groups (broad SMARTS) is 1. The van der Waals surface area contributed by atoms with E-state index in [0.717, 1.165) is 37.7 Å². The molecule has 15 heteroatoms. The van der Waals surface area contributed by atoms with Gasteiger partial charge < -0.3 is 42.3 Å². The van der Waals surface area contributed by atoms with Crippen LogP contribution in [0.5, 0.6) is 0 Å². The van der Waals surface area contributed by atoms with E-state index < -0.39 is 54.3 Å². The highest BCUT2D eigenvalue weighted by Gasteiger charge is 2.51. The van der Waals surface area contributed by atoms with Crippen molar-refractivity contribution in [3.63, 3.8) is 0 Å². The lowest BCUT2D eigenvalue weighted by Gasteiger charge is -2.39. The molecule has 1 saturated carbocycles. The largest absolute Gasteiger partial charge is 0.481 e. The number of hydrogen-bond acceptors (Lipinski definition) is 7. The van der Waals surface area contributed by atoms with Crippen LogP contribution < -0.4 is 32.3 Å². The van der Waals surface area contributed by atoms with Gasteiger partial charge >= 0.3 is 5.97 Å². The summed E-state index contributed by atoms with van der Waals surface area (Å²) in [5.74, 6) is -4.03. The van der Waals surface area contributed by atoms with Crippen LogP contribution in [0.15, 0.2) is 30.3 Å². The maximum atomic E-state index is 14.2. The Morgan fingerprint density at radius 3 is 2.29 bits per heavy atom. The molecule has 9 N–H and O–H groups in total. The van der Waals surface area contributed by atoms with Crippen LogP contribution in [-0.2, 0) is 35.2 Å². The van der Waals surface area contributed by atoms with Crippen LogP contribution in [0.3, 0.4) is 0 Å². The molecular weight excluding hydrogens is 668 g/mol. The number of benzene rings is 1. The SMILES string of the molecule is CC(C)CNC(=O)[C@H](CC(=O)O)NC(=O)C(CCCNC(=N)N)NC(=O)[C@@H]1C[C@H](Cc2ccccc2)[C@@H]2CCC(NC(=O)C3CCCCC3)C(=O)N12. The predicted octanol–water partition coefficient (Wildman–Crippen LogP) is 1.15. The van der Waals surface area contributed by atoms with Crippen molar-refractivity contribution in [3.05, 3.63) is 35.9 Å². The van der Waals surface area contributed by atoms with E-state index in [2.05, 4.69) is 26.6 Å². The summed E-state index contributed by atoms with van der Waals surface area (Å²) in [6.07, 6.45) is 6.40. The third-order valence-electron chi connectivity index (χ3n) is 10.3. The summed E-state index contributed by atoms with van der Waals surface area (Å²) in [6.45, 7) is 4.26. The average Bonchev–Trinajstić information content (AvgIpc) is 3.48. The highest BCUT2D eigenvalue weighted by Crippen LogP contribution is 2.39. The molecule has 3 fully saturated rings. The van der Waals surface area contributed by atoms with E-state index in [0.29, 0.717) is 32.1 Å². The van der Waals surface area contributed by atoms with E-state index in [1.54, 1.807) is 4.90 Å². The second-order valence-electron chi connectivity index (χ2n) is 14.8. The van der Waals surface area contributed by atoms with Crippen LogP contribution in [0.1, 0.15) is 90.0 Å². The van der Waals surface area contributed by atoms with Gasteiger partial charge in [0, 0.05) is 25.0 Å². The Morgan fingerprint density at radius 2 is 1.63 bits per heavy atom. The van der Waals surface area contributed by atoms with E-state index in [-0.39, 0.29) is 61.1 Å². The molecule has 2 aliphatic heterocycles. The van der Waals surface area contributed by atoms with Gasteiger partial charge in [0.25, 0.3) is 0 Å². The minimum absolute atomic E-state index is 0.0475. The molecule has 6 atom stereocenters. The third kappa shape index (κ3) is 11.4. The lowest BCUT2D eigenvalue weighted by atomic mass is 9.86. The van der Waals surface area contributed by atoms with Crippen LogP contribution >= 0.6 is 0 Å². The number of nitrogens with two attached hydrogens (primary N) is 1. The fourth-order valence-corrected chi connectivity index (χ4v) is 7.66. The van der Waals surface area contributed by atoms with Crippen molar-refractivity contribution in [3.8, 4) is 0 Å². The molecule has 0 radical (unpaired) electrons. The minimum Gasteiger partial charge on any atom is -0.481 e. The topological polar surface area (TPSA) is 236 Å². The molecule has 1 aromatic carbocycles. The van der Waals surface area contributed by atoms with Crippen molar-refractivity contribution < 1.29 is 33.9 Å². The number of nitrogens with one attached hydrogen (secondary N) is 6. The summed E-state index contributed by atoms with van der Waals surface area (Å²) >= 11 is 0. The maximum Gasteiger partial charge on any atom is 0.305 e. The zero-order valence-electron chi connectivity index (χ0n) is 30.3. The summed E-state index contributed by atoms with van der Waals surface area (Å²) in [5.41, 5.74) is 6.49. The van der Waals surface area contributed by atoms with Gasteiger partial charge in [-0.2, -0.15) is 0 Å². The lowest BCUT2D eigenvalue weighted by molar-refractivity contribution is -0.147. The van der Waals surface area contributed by atoms with Crippen molar-refractivity contribution in [2.45, 2.75) is 121 Å². The molecule has 15 nitrogen and oxygen atoms in total. The molecule has 1 aromatic rings. The van der Waals surface area contributed by atoms with Crippen molar-refractivity contribution in [1.82, 2.24) is 31.5 Å². The fourth-order valence-electron chi connectivity index (χ4n) is 7.66. The van der Waals surface area contributed by atoms with Gasteiger partial charge in [0.05, 0.1) is 6.42 Å². The van der Waals surface area contributed by atoms with Crippen LogP contribution in [0.2, 0.25) is 0 Å². The summed E-state index contributed by atoms with van der Waals surface area (Å²) in [6, 6.07) is 5.33. The Kier molecular flexibility index (Phi) is 14.8. The summed E-state index contributed by atoms with van der Waals surface area (Å²) < 4.78 is 0. The zero-order chi connectivity index (χ0) is 37.8. The first-order valence-corrected chi connectivity index (χ1v) is 18.7. The van der Waals surface area contributed by atoms with Crippen molar-refractivity contribution >= 4 is 41.5 Å². The number of nitrogens with zero attached hydrogens (tertiary/aromatic N) is 1. The first-order chi connectivity index (χ1) is 24.8. The van der Waals surface area contributed by atoms with Gasteiger partial charge in [0.1, 0.15) is 24.2 Å². The molecule has 0 aromatic heterocycles. The van der Waals surface area contributed by atoms with Crippen LogP contribution in [0.4, 0.5) is 0 Å². The van der Waals surface area contributed by atoms with E-state index in [4.69, 9.17) is 11.1 Å². The summed E-state index contributed by atoms with van der Waals surface area (Å²) in [7, 11) is 0. The van der Waals surface area contributed by atoms with E-state index in [1.165, 1.54) is 0 Å². The molecule has 0 spiro atoms. The van der Waals surface area contributed by atoms with Crippen molar-refractivity contribution in [2.75, 3.05) is 13.1 Å². The van der Waals surface area contributed by atoms with Gasteiger partial charge in [-0.1, -0.05) is 63.4 Å². The van der Waals surface area contributed by atoms with Gasteiger partial charge in [-0.25, -0.2) is 0 Å². The van der Waals surface area contributed by atoms with Gasteiger partial charge in [0.15, 0.2) is 5.96 Å². The zero-order valence-corrected chi connectivity index (χ0v) is 30.3. The number of rotatable bonds is 17. The quantitative estimate of drug-likeness (QED) is 0.0653. The van der Waals surface area contributed by atoms with Crippen LogP contribution in [0, 0.1) is 23.2 Å². The van der Waals surface area contributed by atoms with Gasteiger partial charge in [-0.15, -0.1) is 0 Å². The number of fused-ring (bicyclic) bond motifs is 1. The number of guanidine groups is 1. The molecule has 286 valence electrons. The molecule has 1 aliphatic carbocycles. The molecule has 5 amide bonds. The monoisotopic (exact) mass is 724 g/mol. The first kappa shape index (κ1) is 40.1. The number of piperidine rings is 1. The van der Waals surface area contributed by atoms with Gasteiger partial charge in [-0.05, 0) is 68.8 Å². The Bertz CT molecular complexity index is 1430. The Morgan fingerprint density at radius 1 is 0.923 bits per heavy atom. The highest BCUT2D eigenvalue weighted by atomic mass is 16.4. The number of amides is 5. The molecule has 4 rings (SSSR count). The van der Waals surface area contributed by atoms with Crippen molar-refractivity contribution in [2.24, 2.45) is 23.5 Å². The molecule has 2 saturated heterocycles. The predicted molar refractivity (Wildman–Crippen MR) is 194 cm³/mol. The average molecular weight is 725 g/mol. The molecule has 2 unspecified atom stereocenters. The highest BCUT2D eigenvalue weighted by molar-refractivity contribution is 5.97. The van der Waals surface area contributed by atoms with E-state index in [1.807, 2.05) is 44.2 Å². The summed E-state index contributed by atoms with van der Waals surface area (Å²) in [5, 5.41) is 30.6. The smallest absolute Gasteiger partial charge is 0.305 e. The normalized spacial score (nSPS) is 22.8. The molecule has 3 aliphatic rings. The molecule has 0 bridgehead atoms. The molecular formula is C37H56N8O7. The Labute approximate surface area is 305 Å². The second-order valence-corrected chi connectivity index (χ2v) is 14.8. The van der Waals surface area contributed by atoms with Crippen LogP contribution in [0.25, 0.3) is 0 Å². The van der Waals surface area contributed by atoms with E-state index in [9.17, 15) is 33.9 Å². The third-order valence-corrected chi connectivity index (χ3v) is 10.3. The van der Waals surface area contributed by atoms with Crippen molar-refractivity contribution in [1.29, 1.82) is 5.41 Å². The minimum atomic E-state index is -1.39. The number of carbonyl (C=O) groups is 6. The number of aliphatic carboxylic acids is 1. The number of carboxylic acids is 1. The molecule has 2 heterocycles. The van der Waals surface area contributed by atoms with Crippen LogP contribution in [-0.4, -0.2) is 94.8 Å². The Balaban J connectivity index is 1.55. The fraction of sp³-hybridized carbons (Fsp3) is 0.649. The number of hydrogen-bond donors (Lipinski definition) is 8. The lowest BCUT2D eigenvalue weighted by Crippen LogP contribution is -2.61. The molecule has 52 heavy (non-hydrogen) atoms. The standard InChI is InChI=1S/C37H56N8O7/c1-22(2)21-41-33(49)28(20-31(46)47)44-34(50)26(14-9-17-40-37(38)39)42-35(51)30-19-25(18-23-10-5-3-6-11-23)29-16-15-27(36(52)45(29)30)43-32(48)24-12-7-4-8-13-24/h3,5-6,10-11,22,24-30H,4,7-9,12-21H2,1-2H3,(H,41,49)(H,42,51)(H,43,48)(H,44,50)(H,46,47)(H4,38,39,40)/t25-,26?,27?,28-,29-,30-/m0/s1. The van der Waals surface area contributed by atoms with Gasteiger partial charge in [0.2, 0.25) is 29.5 Å². The number of carbonyl (C=O) groups excluding carboxylic acids is 5. The Hall–Kier alpha value is -4.69. The first-order valence-electron chi connectivity index (χ1n) is 18.7. The second kappa shape index (κ2) is 19.2. The summed E-state index contributed by atoms with van der Waals surface area (Å²) in [4.78, 5) is 81.5. The maximum absolute atomic E-state index is 14.2.